The highest BCUT2D eigenvalue weighted by atomic mass is 32.2. The zero-order valence-electron chi connectivity index (χ0n) is 11.4. The molecule has 1 aromatic carbocycles. The van der Waals surface area contributed by atoms with Crippen LogP contribution >= 0.6 is 0 Å². The van der Waals surface area contributed by atoms with Gasteiger partial charge in [0.2, 0.25) is 10.0 Å². The van der Waals surface area contributed by atoms with E-state index in [1.807, 2.05) is 0 Å². The molecule has 8 heteroatoms. The number of hydrogen-bond acceptors (Lipinski definition) is 6. The molecule has 0 spiro atoms. The molecule has 2 N–H and O–H groups in total. The average molecular weight is 312 g/mol. The predicted molar refractivity (Wildman–Crippen MR) is 74.3 cm³/mol. The summed E-state index contributed by atoms with van der Waals surface area (Å²) in [4.78, 5) is 0.112. The van der Waals surface area contributed by atoms with Crippen LogP contribution in [0.2, 0.25) is 0 Å². The van der Waals surface area contributed by atoms with E-state index in [2.05, 4.69) is 14.4 Å². The minimum absolute atomic E-state index is 0.0312. The first kappa shape index (κ1) is 15.5. The van der Waals surface area contributed by atoms with E-state index in [0.717, 1.165) is 0 Å². The van der Waals surface area contributed by atoms with Gasteiger partial charge < -0.3 is 14.4 Å². The lowest BCUT2D eigenvalue weighted by molar-refractivity contribution is 0.298. The number of nitrogens with zero attached hydrogens (tertiary/aromatic N) is 1. The van der Waals surface area contributed by atoms with Gasteiger partial charge in [-0.3, -0.25) is 0 Å². The molecule has 0 atom stereocenters. The summed E-state index contributed by atoms with van der Waals surface area (Å²) in [5, 5.41) is 12.7. The fourth-order valence-corrected chi connectivity index (χ4v) is 3.08. The number of methoxy groups -OCH3 is 1. The van der Waals surface area contributed by atoms with Crippen molar-refractivity contribution in [3.8, 4) is 5.75 Å². The van der Waals surface area contributed by atoms with E-state index in [9.17, 15) is 8.42 Å². The molecule has 0 radical (unpaired) electrons. The van der Waals surface area contributed by atoms with E-state index in [-0.39, 0.29) is 24.5 Å². The van der Waals surface area contributed by atoms with E-state index in [1.165, 1.54) is 19.4 Å². The predicted octanol–water partition coefficient (Wildman–Crippen LogP) is 0.696. The number of nitrogens with one attached hydrogen (secondary N) is 1. The van der Waals surface area contributed by atoms with E-state index in [0.29, 0.717) is 17.0 Å². The van der Waals surface area contributed by atoms with Crippen molar-refractivity contribution < 1.29 is 22.8 Å². The second kappa shape index (κ2) is 6.70. The van der Waals surface area contributed by atoms with Crippen molar-refractivity contribution in [2.24, 2.45) is 0 Å². The van der Waals surface area contributed by atoms with Crippen LogP contribution in [0.5, 0.6) is 5.75 Å². The van der Waals surface area contributed by atoms with Crippen LogP contribution in [-0.2, 0) is 23.0 Å². The molecule has 0 aliphatic carbocycles. The Morgan fingerprint density at radius 2 is 2.19 bits per heavy atom. The Hall–Kier alpha value is -1.90. The lowest BCUT2D eigenvalue weighted by Gasteiger charge is -2.11. The SMILES string of the molecule is COc1ccc(S(=O)(=O)NCc2ccon2)c(CCO)c1. The zero-order valence-corrected chi connectivity index (χ0v) is 12.3. The largest absolute Gasteiger partial charge is 0.497 e. The van der Waals surface area contributed by atoms with Crippen molar-refractivity contribution in [3.63, 3.8) is 0 Å². The molecule has 21 heavy (non-hydrogen) atoms. The van der Waals surface area contributed by atoms with E-state index in [1.54, 1.807) is 18.2 Å². The number of ether oxygens (including phenoxy) is 1. The molecular weight excluding hydrogens is 296 g/mol. The molecule has 0 unspecified atom stereocenters. The Morgan fingerprint density at radius 1 is 1.38 bits per heavy atom. The monoisotopic (exact) mass is 312 g/mol. The van der Waals surface area contributed by atoms with Crippen molar-refractivity contribution in [2.45, 2.75) is 17.9 Å². The fraction of sp³-hybridized carbons (Fsp3) is 0.308. The summed E-state index contributed by atoms with van der Waals surface area (Å²) in [5.74, 6) is 0.536. The highest BCUT2D eigenvalue weighted by Crippen LogP contribution is 2.22. The molecule has 0 saturated heterocycles. The van der Waals surface area contributed by atoms with Crippen molar-refractivity contribution in [1.29, 1.82) is 0 Å². The topological polar surface area (TPSA) is 102 Å². The van der Waals surface area contributed by atoms with Crippen LogP contribution in [0.1, 0.15) is 11.3 Å². The minimum Gasteiger partial charge on any atom is -0.497 e. The zero-order chi connectivity index (χ0) is 15.3. The summed E-state index contributed by atoms with van der Waals surface area (Å²) >= 11 is 0. The van der Waals surface area contributed by atoms with Crippen molar-refractivity contribution in [1.82, 2.24) is 9.88 Å². The molecular formula is C13H16N2O5S. The smallest absolute Gasteiger partial charge is 0.241 e. The molecule has 0 bridgehead atoms. The number of aromatic nitrogens is 1. The first-order valence-electron chi connectivity index (χ1n) is 6.23. The number of rotatable bonds is 7. The Kier molecular flexibility index (Phi) is 4.94. The van der Waals surface area contributed by atoms with Crippen LogP contribution < -0.4 is 9.46 Å². The molecule has 1 heterocycles. The van der Waals surface area contributed by atoms with Crippen LogP contribution in [0.25, 0.3) is 0 Å². The quantitative estimate of drug-likeness (QED) is 0.780. The van der Waals surface area contributed by atoms with Gasteiger partial charge >= 0.3 is 0 Å². The third-order valence-electron chi connectivity index (χ3n) is 2.87. The van der Waals surface area contributed by atoms with Gasteiger partial charge in [-0.05, 0) is 30.2 Å². The van der Waals surface area contributed by atoms with E-state index in [4.69, 9.17) is 9.84 Å². The van der Waals surface area contributed by atoms with Crippen molar-refractivity contribution in [3.05, 3.63) is 41.8 Å². The van der Waals surface area contributed by atoms with Gasteiger partial charge in [0, 0.05) is 12.7 Å². The molecule has 2 rings (SSSR count). The summed E-state index contributed by atoms with van der Waals surface area (Å²) in [6.45, 7) is -0.123. The summed E-state index contributed by atoms with van der Waals surface area (Å²) in [7, 11) is -2.22. The molecule has 0 aliphatic rings. The van der Waals surface area contributed by atoms with Gasteiger partial charge in [0.1, 0.15) is 12.0 Å². The Morgan fingerprint density at radius 3 is 2.81 bits per heavy atom. The highest BCUT2D eigenvalue weighted by Gasteiger charge is 2.19. The highest BCUT2D eigenvalue weighted by molar-refractivity contribution is 7.89. The second-order valence-corrected chi connectivity index (χ2v) is 6.00. The normalized spacial score (nSPS) is 11.5. The summed E-state index contributed by atoms with van der Waals surface area (Å²) < 4.78 is 36.8. The molecule has 7 nitrogen and oxygen atoms in total. The molecule has 0 amide bonds. The van der Waals surface area contributed by atoms with Crippen molar-refractivity contribution >= 4 is 10.0 Å². The summed E-state index contributed by atoms with van der Waals surface area (Å²) in [5.41, 5.74) is 0.972. The van der Waals surface area contributed by atoms with Crippen LogP contribution in [-0.4, -0.2) is 32.4 Å². The summed E-state index contributed by atoms with van der Waals surface area (Å²) in [6, 6.07) is 6.19. The van der Waals surface area contributed by atoms with Crippen LogP contribution in [0.4, 0.5) is 0 Å². The first-order chi connectivity index (χ1) is 10.1. The Balaban J connectivity index is 2.25. The minimum atomic E-state index is -3.71. The maximum Gasteiger partial charge on any atom is 0.241 e. The number of sulfonamides is 1. The van der Waals surface area contributed by atoms with E-state index >= 15 is 0 Å². The average Bonchev–Trinajstić information content (AvgIpc) is 2.99. The number of aliphatic hydroxyl groups is 1. The Bertz CT molecular complexity index is 683. The number of aliphatic hydroxyl groups excluding tert-OH is 1. The van der Waals surface area contributed by atoms with Crippen LogP contribution in [0, 0.1) is 0 Å². The van der Waals surface area contributed by atoms with E-state index < -0.39 is 10.0 Å². The molecule has 0 fully saturated rings. The third-order valence-corrected chi connectivity index (χ3v) is 4.37. The molecule has 1 aromatic heterocycles. The van der Waals surface area contributed by atoms with Gasteiger partial charge in [0.25, 0.3) is 0 Å². The standard InChI is InChI=1S/C13H16N2O5S/c1-19-12-2-3-13(10(8-12)4-6-16)21(17,18)14-9-11-5-7-20-15-11/h2-3,5,7-8,14,16H,4,6,9H2,1H3. The molecule has 0 saturated carbocycles. The first-order valence-corrected chi connectivity index (χ1v) is 7.72. The lowest BCUT2D eigenvalue weighted by atomic mass is 10.1. The molecule has 0 aliphatic heterocycles. The van der Waals surface area contributed by atoms with Gasteiger partial charge in [-0.15, -0.1) is 0 Å². The third kappa shape index (κ3) is 3.81. The van der Waals surface area contributed by atoms with Gasteiger partial charge in [-0.25, -0.2) is 13.1 Å². The van der Waals surface area contributed by atoms with Gasteiger partial charge in [-0.2, -0.15) is 0 Å². The van der Waals surface area contributed by atoms with Crippen molar-refractivity contribution in [2.75, 3.05) is 13.7 Å². The second-order valence-electron chi connectivity index (χ2n) is 4.26. The maximum absolute atomic E-state index is 12.3. The fourth-order valence-electron chi connectivity index (χ4n) is 1.84. The summed E-state index contributed by atoms with van der Waals surface area (Å²) in [6.07, 6.45) is 1.59. The molecule has 114 valence electrons. The number of hydrogen-bond donors (Lipinski definition) is 2. The number of benzene rings is 1. The molecule has 2 aromatic rings. The van der Waals surface area contributed by atoms with Gasteiger partial charge in [0.15, 0.2) is 0 Å². The van der Waals surface area contributed by atoms with Crippen LogP contribution in [0.15, 0.2) is 39.9 Å². The van der Waals surface area contributed by atoms with Gasteiger partial charge in [-0.1, -0.05) is 5.16 Å². The van der Waals surface area contributed by atoms with Gasteiger partial charge in [0.05, 0.1) is 24.2 Å². The Labute approximate surface area is 122 Å². The van der Waals surface area contributed by atoms with Crippen LogP contribution in [0.3, 0.4) is 0 Å². The lowest BCUT2D eigenvalue weighted by Crippen LogP contribution is -2.24. The maximum atomic E-state index is 12.3.